The van der Waals surface area contributed by atoms with Gasteiger partial charge in [-0.1, -0.05) is 48.5 Å². The summed E-state index contributed by atoms with van der Waals surface area (Å²) in [6.45, 7) is 11.1. The number of hydrogen-bond donors (Lipinski definition) is 4. The summed E-state index contributed by atoms with van der Waals surface area (Å²) in [5.41, 5.74) is 8.15. The normalized spacial score (nSPS) is 18.0. The molecule has 1 aliphatic heterocycles. The van der Waals surface area contributed by atoms with Crippen LogP contribution in [-0.2, 0) is 26.2 Å². The van der Waals surface area contributed by atoms with Gasteiger partial charge in [0, 0.05) is 47.7 Å². The van der Waals surface area contributed by atoms with Gasteiger partial charge in [-0.3, -0.25) is 0 Å². The second kappa shape index (κ2) is 18.1. The van der Waals surface area contributed by atoms with E-state index in [4.69, 9.17) is 19.9 Å². The van der Waals surface area contributed by atoms with Crippen LogP contribution in [0.2, 0.25) is 0 Å². The highest BCUT2D eigenvalue weighted by molar-refractivity contribution is 6.03. The molecular weight excluding hydrogens is 645 g/mol. The molecule has 7 rings (SSSR count). The van der Waals surface area contributed by atoms with Crippen LogP contribution in [0.4, 0.5) is 0 Å². The highest BCUT2D eigenvalue weighted by Crippen LogP contribution is 2.24. The molecule has 10 nitrogen and oxygen atoms in total. The zero-order chi connectivity index (χ0) is 35.5. The van der Waals surface area contributed by atoms with Crippen LogP contribution in [0.5, 0.6) is 0 Å². The van der Waals surface area contributed by atoms with Gasteiger partial charge < -0.3 is 31.1 Å². The van der Waals surface area contributed by atoms with Crippen LogP contribution in [0, 0.1) is 0 Å². The maximum Gasteiger partial charge on any atom is 0.0968 e. The van der Waals surface area contributed by atoms with E-state index in [2.05, 4.69) is 118 Å². The number of benzene rings is 2. The molecule has 0 saturated heterocycles. The predicted octanol–water partition coefficient (Wildman–Crippen LogP) is 5.38. The molecule has 2 aromatic carbocycles. The highest BCUT2D eigenvalue weighted by atomic mass is 15.1. The molecule has 0 atom stereocenters. The van der Waals surface area contributed by atoms with E-state index >= 15 is 0 Å². The number of nitrogens with zero attached hydrogens (tertiary/aromatic N) is 6. The first-order valence-electron chi connectivity index (χ1n) is 19.2. The third-order valence-corrected chi connectivity index (χ3v) is 10.1. The molecule has 0 spiro atoms. The lowest BCUT2D eigenvalue weighted by atomic mass is 10.1. The van der Waals surface area contributed by atoms with Gasteiger partial charge in [0.1, 0.15) is 0 Å². The summed E-state index contributed by atoms with van der Waals surface area (Å²) in [6.07, 6.45) is 4.37. The summed E-state index contributed by atoms with van der Waals surface area (Å²) in [4.78, 5) is 25.1. The Morgan fingerprint density at radius 3 is 0.846 bits per heavy atom. The molecule has 0 radical (unpaired) electrons. The summed E-state index contributed by atoms with van der Waals surface area (Å²) >= 11 is 0. The molecule has 1 aliphatic rings. The Kier molecular flexibility index (Phi) is 12.6. The molecule has 0 fully saturated rings. The molecule has 5 heterocycles. The monoisotopic (exact) mass is 698 g/mol. The van der Waals surface area contributed by atoms with Crippen LogP contribution >= 0.6 is 0 Å². The van der Waals surface area contributed by atoms with Crippen molar-refractivity contribution in [3.05, 3.63) is 95.6 Å². The van der Waals surface area contributed by atoms with E-state index in [1.54, 1.807) is 0 Å². The molecule has 0 saturated carbocycles. The van der Waals surface area contributed by atoms with Crippen molar-refractivity contribution in [2.75, 3.05) is 66.5 Å². The minimum Gasteiger partial charge on any atom is -0.311 e. The van der Waals surface area contributed by atoms with E-state index < -0.39 is 0 Å². The zero-order valence-corrected chi connectivity index (χ0v) is 30.9. The molecule has 272 valence electrons. The summed E-state index contributed by atoms with van der Waals surface area (Å²) < 4.78 is 0. The summed E-state index contributed by atoms with van der Waals surface area (Å²) in [5.74, 6) is 0. The number of rotatable bonds is 0. The van der Waals surface area contributed by atoms with Crippen molar-refractivity contribution in [3.63, 3.8) is 0 Å². The van der Waals surface area contributed by atoms with Crippen LogP contribution in [0.1, 0.15) is 48.5 Å². The smallest absolute Gasteiger partial charge is 0.0968 e. The van der Waals surface area contributed by atoms with Gasteiger partial charge in [-0.2, -0.15) is 0 Å². The fourth-order valence-corrected chi connectivity index (χ4v) is 7.08. The first-order chi connectivity index (χ1) is 25.6. The molecule has 6 aromatic rings. The fourth-order valence-electron chi connectivity index (χ4n) is 7.08. The van der Waals surface area contributed by atoms with Gasteiger partial charge in [0.25, 0.3) is 0 Å². The molecule has 4 aromatic heterocycles. The Morgan fingerprint density at radius 1 is 0.365 bits per heavy atom. The molecule has 4 N–H and O–H groups in total. The third-order valence-electron chi connectivity index (χ3n) is 10.1. The Morgan fingerprint density at radius 2 is 0.596 bits per heavy atom. The maximum absolute atomic E-state index is 5.07. The first kappa shape index (κ1) is 36.2. The van der Waals surface area contributed by atoms with Gasteiger partial charge in [0.05, 0.1) is 44.8 Å². The van der Waals surface area contributed by atoms with Crippen molar-refractivity contribution in [2.24, 2.45) is 0 Å². The van der Waals surface area contributed by atoms with Crippen molar-refractivity contribution in [2.45, 2.75) is 51.9 Å². The number of hydrogen-bond acceptors (Lipinski definition) is 10. The van der Waals surface area contributed by atoms with E-state index in [-0.39, 0.29) is 0 Å². The molecular formula is C42H54N10. The van der Waals surface area contributed by atoms with Crippen LogP contribution in [-0.4, -0.2) is 96.2 Å². The zero-order valence-electron chi connectivity index (χ0n) is 30.9. The molecule has 8 bridgehead atoms. The van der Waals surface area contributed by atoms with Crippen molar-refractivity contribution in [1.82, 2.24) is 51.0 Å². The minimum atomic E-state index is 0.752. The average Bonchev–Trinajstić information content (AvgIpc) is 3.16. The van der Waals surface area contributed by atoms with Gasteiger partial charge in [0.2, 0.25) is 0 Å². The van der Waals surface area contributed by atoms with Crippen molar-refractivity contribution >= 4 is 43.6 Å². The van der Waals surface area contributed by atoms with Crippen LogP contribution in [0.15, 0.2) is 72.8 Å². The summed E-state index contributed by atoms with van der Waals surface area (Å²) in [6, 6.07) is 25.9. The minimum absolute atomic E-state index is 0.752. The number of aromatic nitrogens is 4. The molecule has 10 heteroatoms. The Hall–Kier alpha value is -4.16. The van der Waals surface area contributed by atoms with E-state index in [0.717, 1.165) is 171 Å². The number of nitrogens with one attached hydrogen (secondary N) is 4. The SMILES string of the molecule is CN1CCCNCc2ccc3ccc4ccc(nc4c3n2)CNCCCN(C)CCCNCc2ccc3ccc4ccc(nc4c3n2)CNCCC1. The maximum atomic E-state index is 5.07. The summed E-state index contributed by atoms with van der Waals surface area (Å²) in [7, 11) is 4.43. The quantitative estimate of drug-likeness (QED) is 0.155. The number of pyridine rings is 4. The van der Waals surface area contributed by atoms with Gasteiger partial charge in [0.15, 0.2) is 0 Å². The van der Waals surface area contributed by atoms with E-state index in [0.29, 0.717) is 0 Å². The number of fused-ring (bicyclic) bond motifs is 4. The molecule has 0 unspecified atom stereocenters. The second-order valence-electron chi connectivity index (χ2n) is 14.4. The predicted molar refractivity (Wildman–Crippen MR) is 214 cm³/mol. The Bertz CT molecular complexity index is 1790. The van der Waals surface area contributed by atoms with Gasteiger partial charge in [-0.05, 0) is 116 Å². The van der Waals surface area contributed by atoms with Crippen LogP contribution in [0.3, 0.4) is 0 Å². The molecule has 52 heavy (non-hydrogen) atoms. The molecule has 0 aliphatic carbocycles. The summed E-state index contributed by atoms with van der Waals surface area (Å²) in [5, 5.41) is 19.0. The third kappa shape index (κ3) is 9.63. The van der Waals surface area contributed by atoms with Gasteiger partial charge in [-0.15, -0.1) is 0 Å². The van der Waals surface area contributed by atoms with E-state index in [1.165, 1.54) is 0 Å². The van der Waals surface area contributed by atoms with Crippen molar-refractivity contribution in [1.29, 1.82) is 0 Å². The van der Waals surface area contributed by atoms with Gasteiger partial charge >= 0.3 is 0 Å². The lowest BCUT2D eigenvalue weighted by molar-refractivity contribution is 0.320. The largest absolute Gasteiger partial charge is 0.311 e. The Labute approximate surface area is 307 Å². The Balaban J connectivity index is 0.989. The van der Waals surface area contributed by atoms with Crippen molar-refractivity contribution < 1.29 is 0 Å². The van der Waals surface area contributed by atoms with Crippen molar-refractivity contribution in [3.8, 4) is 0 Å². The lowest BCUT2D eigenvalue weighted by Crippen LogP contribution is -2.27. The second-order valence-corrected chi connectivity index (χ2v) is 14.4. The topological polar surface area (TPSA) is 106 Å². The standard InChI is InChI=1S/C42H54N10/c1-51-23-3-19-43-27-35-15-11-31-7-9-33-13-17-37(49-41(33)39(31)47-35)29-45-21-5-25-52(2)26-6-22-46-30-38-18-14-34-10-8-32-12-16-36(28-44-20-4-24-51)48-40(32)42(34)50-38/h7-18,43-46H,3-6,19-30H2,1-2H3. The van der Waals surface area contributed by atoms with Gasteiger partial charge in [-0.25, -0.2) is 19.9 Å². The fraction of sp³-hybridized carbons (Fsp3) is 0.429. The first-order valence-corrected chi connectivity index (χ1v) is 19.2. The molecule has 0 amide bonds. The van der Waals surface area contributed by atoms with E-state index in [9.17, 15) is 0 Å². The highest BCUT2D eigenvalue weighted by Gasteiger charge is 2.09. The average molecular weight is 699 g/mol. The lowest BCUT2D eigenvalue weighted by Gasteiger charge is -2.17. The van der Waals surface area contributed by atoms with Crippen LogP contribution < -0.4 is 21.3 Å². The van der Waals surface area contributed by atoms with Crippen LogP contribution in [0.25, 0.3) is 43.6 Å². The van der Waals surface area contributed by atoms with E-state index in [1.807, 2.05) is 0 Å².